The second kappa shape index (κ2) is 11.1. The molecule has 11 heteroatoms. The van der Waals surface area contributed by atoms with Crippen LogP contribution in [0.2, 0.25) is 5.02 Å². The van der Waals surface area contributed by atoms with E-state index in [-0.39, 0.29) is 12.5 Å². The van der Waals surface area contributed by atoms with Gasteiger partial charge < -0.3 is 24.7 Å². The van der Waals surface area contributed by atoms with Crippen LogP contribution in [0, 0.1) is 11.3 Å². The monoisotopic (exact) mass is 560 g/mol. The molecule has 4 aromatic rings. The Balaban J connectivity index is 1.30. The van der Waals surface area contributed by atoms with E-state index in [1.807, 2.05) is 18.2 Å². The van der Waals surface area contributed by atoms with Crippen molar-refractivity contribution in [3.8, 4) is 22.9 Å². The van der Waals surface area contributed by atoms with Gasteiger partial charge in [0.2, 0.25) is 0 Å². The van der Waals surface area contributed by atoms with Gasteiger partial charge in [-0.25, -0.2) is 9.50 Å². The van der Waals surface area contributed by atoms with Crippen LogP contribution in [0.3, 0.4) is 0 Å². The third-order valence-corrected chi connectivity index (χ3v) is 6.95. The Morgan fingerprint density at radius 2 is 1.88 bits per heavy atom. The van der Waals surface area contributed by atoms with Gasteiger partial charge in [0.05, 0.1) is 29.1 Å². The molecule has 0 unspecified atom stereocenters. The van der Waals surface area contributed by atoms with Crippen molar-refractivity contribution >= 4 is 28.8 Å². The molecule has 0 saturated carbocycles. The van der Waals surface area contributed by atoms with Crippen molar-refractivity contribution in [2.45, 2.75) is 25.6 Å². The quantitative estimate of drug-likeness (QED) is 0.352. The highest BCUT2D eigenvalue weighted by atomic mass is 35.5. The summed E-state index contributed by atoms with van der Waals surface area (Å²) < 4.78 is 7.40. The van der Waals surface area contributed by atoms with E-state index in [9.17, 15) is 20.3 Å². The number of ether oxygens (including phenoxy) is 1. The summed E-state index contributed by atoms with van der Waals surface area (Å²) in [5.74, 6) is 0.923. The maximum Gasteiger partial charge on any atom is 0.256 e. The molecule has 3 aromatic heterocycles. The number of nitrogens with zero attached hydrogens (tertiary/aromatic N) is 6. The number of benzene rings is 1. The molecule has 206 valence electrons. The number of hydrogen-bond donors (Lipinski definition) is 2. The van der Waals surface area contributed by atoms with Crippen LogP contribution >= 0.6 is 11.6 Å². The molecule has 0 radical (unpaired) electrons. The Morgan fingerprint density at radius 3 is 2.50 bits per heavy atom. The molecule has 40 heavy (non-hydrogen) atoms. The molecule has 5 rings (SSSR count). The van der Waals surface area contributed by atoms with Crippen molar-refractivity contribution in [2.75, 3.05) is 37.7 Å². The number of halogens is 1. The molecule has 2 N–H and O–H groups in total. The Hall–Kier alpha value is -4.17. The summed E-state index contributed by atoms with van der Waals surface area (Å²) in [4.78, 5) is 21.3. The van der Waals surface area contributed by atoms with Gasteiger partial charge in [-0.15, -0.1) is 0 Å². The summed E-state index contributed by atoms with van der Waals surface area (Å²) in [6.07, 6.45) is 3.69. The molecule has 0 bridgehead atoms. The molecular formula is C29H29ClN6O4. The largest absolute Gasteiger partial charge is 0.489 e. The van der Waals surface area contributed by atoms with Gasteiger partial charge in [-0.2, -0.15) is 10.4 Å². The number of amides is 1. The summed E-state index contributed by atoms with van der Waals surface area (Å²) in [7, 11) is 0. The smallest absolute Gasteiger partial charge is 0.256 e. The van der Waals surface area contributed by atoms with Crippen molar-refractivity contribution in [3.05, 3.63) is 77.2 Å². The second-order valence-electron chi connectivity index (χ2n) is 10.3. The Labute approximate surface area is 236 Å². The number of anilines is 1. The average molecular weight is 561 g/mol. The molecule has 4 heterocycles. The van der Waals surface area contributed by atoms with Crippen LogP contribution in [0.5, 0.6) is 5.75 Å². The summed E-state index contributed by atoms with van der Waals surface area (Å²) in [5, 5.41) is 35.1. The normalized spacial score (nSPS) is 14.7. The molecule has 1 aromatic carbocycles. The van der Waals surface area contributed by atoms with Gasteiger partial charge in [-0.05, 0) is 49.7 Å². The van der Waals surface area contributed by atoms with Gasteiger partial charge in [-0.3, -0.25) is 4.79 Å². The number of carbonyl (C=O) groups is 1. The fraction of sp³-hybridized carbons (Fsp3) is 0.310. The maximum atomic E-state index is 12.8. The molecule has 0 aliphatic carbocycles. The number of piperazine rings is 1. The Bertz CT molecular complexity index is 1550. The minimum atomic E-state index is -1.23. The van der Waals surface area contributed by atoms with Crippen LogP contribution in [0.25, 0.3) is 16.6 Å². The van der Waals surface area contributed by atoms with Crippen LogP contribution in [-0.2, 0) is 4.79 Å². The van der Waals surface area contributed by atoms with Crippen molar-refractivity contribution in [1.82, 2.24) is 19.5 Å². The third-order valence-electron chi connectivity index (χ3n) is 6.69. The fourth-order valence-corrected chi connectivity index (χ4v) is 4.71. The van der Waals surface area contributed by atoms with Crippen LogP contribution in [-0.4, -0.2) is 74.0 Å². The van der Waals surface area contributed by atoms with Crippen LogP contribution in [0.1, 0.15) is 31.1 Å². The zero-order valence-corrected chi connectivity index (χ0v) is 22.9. The zero-order valence-electron chi connectivity index (χ0n) is 22.2. The highest BCUT2D eigenvalue weighted by Crippen LogP contribution is 2.32. The van der Waals surface area contributed by atoms with Crippen LogP contribution in [0.4, 0.5) is 5.82 Å². The summed E-state index contributed by atoms with van der Waals surface area (Å²) in [6, 6.07) is 14.4. The number of aliphatic hydroxyl groups is 2. The SMILES string of the molecule is CC(C)(O)COc1cc(-c2ccc(N3CCN(C(=O)[C@H](O)c4ccc(Cl)cc4)CC3)nc2)c2c(C#N)cnn2c1. The van der Waals surface area contributed by atoms with Gasteiger partial charge in [0.1, 0.15) is 24.2 Å². The van der Waals surface area contributed by atoms with E-state index in [0.29, 0.717) is 53.6 Å². The first-order valence-corrected chi connectivity index (χ1v) is 13.2. The lowest BCUT2D eigenvalue weighted by molar-refractivity contribution is -0.140. The Morgan fingerprint density at radius 1 is 1.15 bits per heavy atom. The van der Waals surface area contributed by atoms with Crippen molar-refractivity contribution in [3.63, 3.8) is 0 Å². The van der Waals surface area contributed by atoms with Gasteiger partial charge in [-0.1, -0.05) is 23.7 Å². The van der Waals surface area contributed by atoms with E-state index < -0.39 is 11.7 Å². The molecule has 1 atom stereocenters. The first-order chi connectivity index (χ1) is 19.1. The van der Waals surface area contributed by atoms with Crippen LogP contribution in [0.15, 0.2) is 61.1 Å². The van der Waals surface area contributed by atoms with Crippen molar-refractivity contribution in [1.29, 1.82) is 5.26 Å². The molecular weight excluding hydrogens is 532 g/mol. The highest BCUT2D eigenvalue weighted by Gasteiger charge is 2.27. The molecule has 1 aliphatic heterocycles. The van der Waals surface area contributed by atoms with E-state index in [4.69, 9.17) is 16.3 Å². The third kappa shape index (κ3) is 5.87. The molecule has 1 saturated heterocycles. The molecule has 10 nitrogen and oxygen atoms in total. The molecule has 0 spiro atoms. The van der Waals surface area contributed by atoms with E-state index in [2.05, 4.69) is 21.1 Å². The molecule has 1 aliphatic rings. The van der Waals surface area contributed by atoms with Gasteiger partial charge in [0.15, 0.2) is 6.10 Å². The summed E-state index contributed by atoms with van der Waals surface area (Å²) in [5.41, 5.74) is 2.07. The minimum Gasteiger partial charge on any atom is -0.489 e. The number of aliphatic hydroxyl groups excluding tert-OH is 1. The van der Waals surface area contributed by atoms with E-state index >= 15 is 0 Å². The molecule has 1 amide bonds. The first kappa shape index (κ1) is 27.4. The topological polar surface area (TPSA) is 127 Å². The van der Waals surface area contributed by atoms with Gasteiger partial charge in [0.25, 0.3) is 5.91 Å². The summed E-state index contributed by atoms with van der Waals surface area (Å²) in [6.45, 7) is 5.45. The first-order valence-electron chi connectivity index (χ1n) is 12.8. The number of fused-ring (bicyclic) bond motifs is 1. The Kier molecular flexibility index (Phi) is 7.63. The second-order valence-corrected chi connectivity index (χ2v) is 10.8. The number of nitriles is 1. The zero-order chi connectivity index (χ0) is 28.4. The number of hydrogen-bond acceptors (Lipinski definition) is 8. The van der Waals surface area contributed by atoms with Gasteiger partial charge in [0, 0.05) is 48.5 Å². The molecule has 1 fully saturated rings. The number of rotatable bonds is 7. The number of pyridine rings is 2. The predicted molar refractivity (Wildman–Crippen MR) is 150 cm³/mol. The lowest BCUT2D eigenvalue weighted by atomic mass is 10.0. The highest BCUT2D eigenvalue weighted by molar-refractivity contribution is 6.30. The minimum absolute atomic E-state index is 0.0900. The average Bonchev–Trinajstić information content (AvgIpc) is 3.38. The lowest BCUT2D eigenvalue weighted by Gasteiger charge is -2.36. The maximum absolute atomic E-state index is 12.8. The number of aromatic nitrogens is 3. The van der Waals surface area contributed by atoms with Crippen LogP contribution < -0.4 is 9.64 Å². The van der Waals surface area contributed by atoms with Crippen molar-refractivity contribution < 1.29 is 19.7 Å². The standard InChI is InChI=1S/C29H29ClN6O4/c1-29(2,39)18-40-23-13-24(26-21(14-31)16-33-36(26)17-23)20-5-8-25(32-15-20)34-9-11-35(12-10-34)28(38)27(37)19-3-6-22(30)7-4-19/h3-8,13,15-17,27,37,39H,9-12,18H2,1-2H3/t27-/m1/s1. The lowest BCUT2D eigenvalue weighted by Crippen LogP contribution is -2.50. The van der Waals surface area contributed by atoms with E-state index in [0.717, 1.165) is 16.9 Å². The fourth-order valence-electron chi connectivity index (χ4n) is 4.59. The van der Waals surface area contributed by atoms with E-state index in [1.165, 1.54) is 6.20 Å². The predicted octanol–water partition coefficient (Wildman–Crippen LogP) is 3.45. The van der Waals surface area contributed by atoms with Crippen molar-refractivity contribution in [2.24, 2.45) is 0 Å². The van der Waals surface area contributed by atoms with E-state index in [1.54, 1.807) is 59.9 Å². The summed E-state index contributed by atoms with van der Waals surface area (Å²) >= 11 is 5.91. The van der Waals surface area contributed by atoms with Gasteiger partial charge >= 0.3 is 0 Å². The number of carbonyl (C=O) groups excluding carboxylic acids is 1.